The third-order valence-electron chi connectivity index (χ3n) is 5.78. The van der Waals surface area contributed by atoms with Gasteiger partial charge in [0.1, 0.15) is 11.5 Å². The molecule has 0 amide bonds. The van der Waals surface area contributed by atoms with Gasteiger partial charge in [-0.15, -0.1) is 0 Å². The highest BCUT2D eigenvalue weighted by atomic mass is 16.5. The summed E-state index contributed by atoms with van der Waals surface area (Å²) in [5.74, 6) is 1.04. The molecule has 4 aromatic carbocycles. The van der Waals surface area contributed by atoms with Crippen molar-refractivity contribution in [1.82, 2.24) is 0 Å². The molecule has 0 aromatic heterocycles. The number of phenols is 1. The Kier molecular flexibility index (Phi) is 4.33. The Hall–Kier alpha value is -3.52. The summed E-state index contributed by atoms with van der Waals surface area (Å²) in [7, 11) is 1.67. The van der Waals surface area contributed by atoms with Crippen molar-refractivity contribution in [3.05, 3.63) is 107 Å². The third-order valence-corrected chi connectivity index (χ3v) is 5.78. The highest BCUT2D eigenvalue weighted by Crippen LogP contribution is 2.50. The van der Waals surface area contributed by atoms with Gasteiger partial charge in [-0.05, 0) is 39.8 Å². The van der Waals surface area contributed by atoms with Crippen molar-refractivity contribution >= 4 is 0 Å². The van der Waals surface area contributed by atoms with Crippen LogP contribution >= 0.6 is 0 Å². The predicted molar refractivity (Wildman–Crippen MR) is 118 cm³/mol. The normalized spacial score (nSPS) is 11.8. The fourth-order valence-electron chi connectivity index (χ4n) is 4.48. The van der Waals surface area contributed by atoms with Crippen LogP contribution in [-0.2, 0) is 12.8 Å². The van der Waals surface area contributed by atoms with Crippen molar-refractivity contribution in [2.45, 2.75) is 12.8 Å². The minimum atomic E-state index is 0.288. The smallest absolute Gasteiger partial charge is 0.127 e. The van der Waals surface area contributed by atoms with E-state index in [1.807, 2.05) is 12.1 Å². The van der Waals surface area contributed by atoms with Crippen LogP contribution in [0.2, 0.25) is 0 Å². The molecule has 0 heterocycles. The zero-order valence-corrected chi connectivity index (χ0v) is 16.4. The van der Waals surface area contributed by atoms with Gasteiger partial charge >= 0.3 is 0 Å². The quantitative estimate of drug-likeness (QED) is 0.402. The van der Waals surface area contributed by atoms with Gasteiger partial charge in [-0.1, -0.05) is 78.9 Å². The Morgan fingerprint density at radius 2 is 1.55 bits per heavy atom. The van der Waals surface area contributed by atoms with Crippen molar-refractivity contribution in [3.8, 4) is 33.8 Å². The van der Waals surface area contributed by atoms with Gasteiger partial charge in [0, 0.05) is 23.6 Å². The number of hydrogen-bond donors (Lipinski definition) is 1. The molecule has 5 rings (SSSR count). The first-order valence-corrected chi connectivity index (χ1v) is 9.89. The maximum absolute atomic E-state index is 11.0. The van der Waals surface area contributed by atoms with Crippen molar-refractivity contribution in [3.63, 3.8) is 0 Å². The van der Waals surface area contributed by atoms with Crippen LogP contribution in [-0.4, -0.2) is 12.2 Å². The Bertz CT molecular complexity index is 1180. The number of ether oxygens (including phenoxy) is 1. The first kappa shape index (κ1) is 17.6. The standard InChI is InChI=1S/C27H22O2/c1-29-25-17-24(28)27-23(22(25)15-18-9-4-2-5-10-18)16-20-13-8-14-21(26(20)27)19-11-6-3-7-12-19/h2-14,17,28H,15-16H2,1H3. The molecule has 142 valence electrons. The van der Waals surface area contributed by atoms with E-state index in [0.717, 1.165) is 46.4 Å². The van der Waals surface area contributed by atoms with Crippen LogP contribution in [0.3, 0.4) is 0 Å². The number of hydrogen-bond acceptors (Lipinski definition) is 2. The molecule has 1 aliphatic rings. The summed E-state index contributed by atoms with van der Waals surface area (Å²) >= 11 is 0. The van der Waals surface area contributed by atoms with Crippen molar-refractivity contribution in [2.75, 3.05) is 7.11 Å². The molecule has 0 saturated carbocycles. The summed E-state index contributed by atoms with van der Waals surface area (Å²) in [6.07, 6.45) is 1.58. The number of methoxy groups -OCH3 is 1. The fourth-order valence-corrected chi connectivity index (χ4v) is 4.48. The van der Waals surface area contributed by atoms with Gasteiger partial charge in [0.2, 0.25) is 0 Å². The highest BCUT2D eigenvalue weighted by molar-refractivity contribution is 5.94. The van der Waals surface area contributed by atoms with E-state index in [0.29, 0.717) is 0 Å². The lowest BCUT2D eigenvalue weighted by molar-refractivity contribution is 0.403. The topological polar surface area (TPSA) is 29.5 Å². The van der Waals surface area contributed by atoms with Crippen LogP contribution in [0.15, 0.2) is 84.9 Å². The van der Waals surface area contributed by atoms with Crippen LogP contribution < -0.4 is 4.74 Å². The number of aromatic hydroxyl groups is 1. The van der Waals surface area contributed by atoms with E-state index in [2.05, 4.69) is 66.7 Å². The van der Waals surface area contributed by atoms with E-state index in [4.69, 9.17) is 4.74 Å². The van der Waals surface area contributed by atoms with Crippen LogP contribution in [0.1, 0.15) is 22.3 Å². The van der Waals surface area contributed by atoms with E-state index in [-0.39, 0.29) is 5.75 Å². The molecule has 1 aliphatic carbocycles. The molecule has 0 spiro atoms. The average Bonchev–Trinajstić information content (AvgIpc) is 3.17. The Morgan fingerprint density at radius 1 is 0.828 bits per heavy atom. The molecular weight excluding hydrogens is 356 g/mol. The predicted octanol–water partition coefficient (Wildman–Crippen LogP) is 6.23. The van der Waals surface area contributed by atoms with Crippen LogP contribution in [0.25, 0.3) is 22.3 Å². The molecule has 0 aliphatic heterocycles. The van der Waals surface area contributed by atoms with Crippen molar-refractivity contribution < 1.29 is 9.84 Å². The van der Waals surface area contributed by atoms with Gasteiger partial charge in [-0.25, -0.2) is 0 Å². The lowest BCUT2D eigenvalue weighted by Gasteiger charge is -2.16. The average molecular weight is 378 g/mol. The Labute approximate surface area is 171 Å². The molecule has 29 heavy (non-hydrogen) atoms. The summed E-state index contributed by atoms with van der Waals surface area (Å²) in [6, 6.07) is 29.0. The minimum absolute atomic E-state index is 0.288. The summed E-state index contributed by atoms with van der Waals surface area (Å²) in [4.78, 5) is 0. The number of fused-ring (bicyclic) bond motifs is 3. The summed E-state index contributed by atoms with van der Waals surface area (Å²) in [5.41, 5.74) is 9.22. The van der Waals surface area contributed by atoms with Gasteiger partial charge in [0.05, 0.1) is 7.11 Å². The monoisotopic (exact) mass is 378 g/mol. The first-order chi connectivity index (χ1) is 14.3. The second-order valence-corrected chi connectivity index (χ2v) is 7.47. The molecule has 0 fully saturated rings. The molecule has 0 bridgehead atoms. The zero-order valence-electron chi connectivity index (χ0n) is 16.4. The maximum atomic E-state index is 11.0. The molecule has 1 N–H and O–H groups in total. The number of rotatable bonds is 4. The van der Waals surface area contributed by atoms with Crippen molar-refractivity contribution in [1.29, 1.82) is 0 Å². The van der Waals surface area contributed by atoms with Crippen LogP contribution in [0, 0.1) is 0 Å². The van der Waals surface area contributed by atoms with Gasteiger partial charge in [0.25, 0.3) is 0 Å². The lowest BCUT2D eigenvalue weighted by Crippen LogP contribution is -2.00. The van der Waals surface area contributed by atoms with Gasteiger partial charge in [0.15, 0.2) is 0 Å². The Balaban J connectivity index is 1.73. The second-order valence-electron chi connectivity index (χ2n) is 7.47. The van der Waals surface area contributed by atoms with Crippen LogP contribution in [0.5, 0.6) is 11.5 Å². The number of benzene rings is 4. The highest BCUT2D eigenvalue weighted by Gasteiger charge is 2.29. The SMILES string of the molecule is COc1cc(O)c2c(c1Cc1ccccc1)Cc1cccc(-c3ccccc3)c1-2. The third kappa shape index (κ3) is 2.98. The van der Waals surface area contributed by atoms with E-state index >= 15 is 0 Å². The van der Waals surface area contributed by atoms with Crippen molar-refractivity contribution in [2.24, 2.45) is 0 Å². The van der Waals surface area contributed by atoms with E-state index < -0.39 is 0 Å². The summed E-state index contributed by atoms with van der Waals surface area (Å²) < 4.78 is 5.68. The number of phenolic OH excluding ortho intramolecular Hbond substituents is 1. The van der Waals surface area contributed by atoms with Gasteiger partial charge in [-0.3, -0.25) is 0 Å². The van der Waals surface area contributed by atoms with Gasteiger partial charge in [-0.2, -0.15) is 0 Å². The molecule has 0 saturated heterocycles. The molecule has 0 radical (unpaired) electrons. The summed E-state index contributed by atoms with van der Waals surface area (Å²) in [5, 5.41) is 11.0. The van der Waals surface area contributed by atoms with E-state index in [9.17, 15) is 5.11 Å². The zero-order chi connectivity index (χ0) is 19.8. The molecule has 2 nitrogen and oxygen atoms in total. The lowest BCUT2D eigenvalue weighted by atomic mass is 9.91. The van der Waals surface area contributed by atoms with Crippen LogP contribution in [0.4, 0.5) is 0 Å². The molecule has 2 heteroatoms. The molecular formula is C27H22O2. The molecule has 4 aromatic rings. The van der Waals surface area contributed by atoms with Gasteiger partial charge < -0.3 is 9.84 Å². The minimum Gasteiger partial charge on any atom is -0.507 e. The fraction of sp³-hybridized carbons (Fsp3) is 0.111. The molecule has 0 atom stereocenters. The van der Waals surface area contributed by atoms with E-state index in [1.165, 1.54) is 16.7 Å². The summed E-state index contributed by atoms with van der Waals surface area (Å²) in [6.45, 7) is 0. The molecule has 0 unspecified atom stereocenters. The first-order valence-electron chi connectivity index (χ1n) is 9.89. The Morgan fingerprint density at radius 3 is 2.28 bits per heavy atom. The van der Waals surface area contributed by atoms with E-state index in [1.54, 1.807) is 13.2 Å². The second kappa shape index (κ2) is 7.14. The maximum Gasteiger partial charge on any atom is 0.127 e. The largest absolute Gasteiger partial charge is 0.507 e.